The summed E-state index contributed by atoms with van der Waals surface area (Å²) in [6.45, 7) is 7.11. The Morgan fingerprint density at radius 2 is 1.76 bits per heavy atom. The van der Waals surface area contributed by atoms with E-state index in [0.29, 0.717) is 23.4 Å². The normalized spacial score (nSPS) is 15.5. The van der Waals surface area contributed by atoms with E-state index in [1.54, 1.807) is 6.08 Å². The predicted molar refractivity (Wildman–Crippen MR) is 169 cm³/mol. The Kier molecular flexibility index (Phi) is 7.74. The summed E-state index contributed by atoms with van der Waals surface area (Å²) >= 11 is 1.24. The third-order valence-electron chi connectivity index (χ3n) is 6.99. The second-order valence-corrected chi connectivity index (χ2v) is 10.9. The average Bonchev–Trinajstić information content (AvgIpc) is 3.57. The first-order chi connectivity index (χ1) is 20.5. The van der Waals surface area contributed by atoms with Crippen LogP contribution in [0.5, 0.6) is 11.5 Å². The fourth-order valence-electron chi connectivity index (χ4n) is 4.90. The maximum Gasteiger partial charge on any atom is 0.283 e. The number of aliphatic imine (C=N–C) groups is 1. The van der Waals surface area contributed by atoms with Gasteiger partial charge in [0.1, 0.15) is 29.8 Å². The fourth-order valence-corrected chi connectivity index (χ4v) is 5.70. The Hall–Kier alpha value is -4.89. The number of allylic oxidation sites excluding steroid dienone is 1. The number of hydrogen-bond acceptors (Lipinski definition) is 6. The van der Waals surface area contributed by atoms with Gasteiger partial charge in [-0.05, 0) is 60.5 Å². The molecule has 4 aromatic rings. The smallest absolute Gasteiger partial charge is 0.283 e. The van der Waals surface area contributed by atoms with E-state index in [9.17, 15) is 4.79 Å². The van der Waals surface area contributed by atoms with Crippen LogP contribution in [0.2, 0.25) is 0 Å². The summed E-state index contributed by atoms with van der Waals surface area (Å²) in [6.07, 6.45) is 6.32. The van der Waals surface area contributed by atoms with Crippen LogP contribution in [-0.4, -0.2) is 44.7 Å². The van der Waals surface area contributed by atoms with E-state index < -0.39 is 5.91 Å². The second-order valence-electron chi connectivity index (χ2n) is 9.81. The highest BCUT2D eigenvalue weighted by Gasteiger charge is 2.36. The van der Waals surface area contributed by atoms with Gasteiger partial charge in [0.25, 0.3) is 5.91 Å². The van der Waals surface area contributed by atoms with Crippen LogP contribution in [0.4, 0.5) is 0 Å². The zero-order chi connectivity index (χ0) is 29.1. The number of hydrazone groups is 1. The molecular formula is C33H29N5O3S. The predicted octanol–water partition coefficient (Wildman–Crippen LogP) is 6.46. The molecular weight excluding hydrogens is 546 g/mol. The van der Waals surface area contributed by atoms with E-state index in [2.05, 4.69) is 21.2 Å². The minimum atomic E-state index is -0.464. The molecule has 0 radical (unpaired) electrons. The standard InChI is InChI=1S/C33H29N5O3S/c1-3-10-23-12-5-9-16-29(23)40-18-17-37-20-24(25-13-6-7-14-27(25)37)19-26-31(34)38-33(35-32(26)39)42-30(36-38)21-41-28-15-8-4-11-22(28)2/h3-9,11-16,19-20,34H,1,10,17-18,21H2,2H3/b26-19-,34-31?. The van der Waals surface area contributed by atoms with Gasteiger partial charge in [0.15, 0.2) is 5.84 Å². The summed E-state index contributed by atoms with van der Waals surface area (Å²) in [5, 5.41) is 16.7. The number of carbonyl (C=O) groups is 1. The lowest BCUT2D eigenvalue weighted by molar-refractivity contribution is -0.114. The Balaban J connectivity index is 1.21. The van der Waals surface area contributed by atoms with Gasteiger partial charge in [0.05, 0.1) is 12.1 Å². The number of fused-ring (bicyclic) bond motifs is 2. The number of carbonyl (C=O) groups excluding carboxylic acids is 1. The number of nitrogens with one attached hydrogen (secondary N) is 1. The zero-order valence-electron chi connectivity index (χ0n) is 23.1. The van der Waals surface area contributed by atoms with Gasteiger partial charge < -0.3 is 14.0 Å². The van der Waals surface area contributed by atoms with Gasteiger partial charge in [-0.2, -0.15) is 15.1 Å². The zero-order valence-corrected chi connectivity index (χ0v) is 23.9. The van der Waals surface area contributed by atoms with Crippen molar-refractivity contribution in [3.05, 3.63) is 114 Å². The summed E-state index contributed by atoms with van der Waals surface area (Å²) in [6, 6.07) is 23.7. The number of thioether (sulfide) groups is 1. The van der Waals surface area contributed by atoms with Crippen molar-refractivity contribution in [2.75, 3.05) is 13.2 Å². The third-order valence-corrected chi connectivity index (χ3v) is 7.87. The van der Waals surface area contributed by atoms with E-state index in [1.165, 1.54) is 16.8 Å². The highest BCUT2D eigenvalue weighted by molar-refractivity contribution is 8.27. The van der Waals surface area contributed by atoms with Crippen LogP contribution < -0.4 is 9.47 Å². The molecule has 2 aliphatic rings. The molecule has 9 heteroatoms. The van der Waals surface area contributed by atoms with Gasteiger partial charge in [-0.1, -0.05) is 60.7 Å². The van der Waals surface area contributed by atoms with Gasteiger partial charge >= 0.3 is 0 Å². The van der Waals surface area contributed by atoms with E-state index in [0.717, 1.165) is 45.5 Å². The number of aromatic nitrogens is 1. The molecule has 0 bridgehead atoms. The van der Waals surface area contributed by atoms with E-state index in [4.69, 9.17) is 14.9 Å². The number of nitrogens with zero attached hydrogens (tertiary/aromatic N) is 4. The molecule has 8 nitrogen and oxygen atoms in total. The van der Waals surface area contributed by atoms with Crippen LogP contribution in [0.3, 0.4) is 0 Å². The van der Waals surface area contributed by atoms with Crippen LogP contribution in [0.15, 0.2) is 107 Å². The molecule has 0 saturated carbocycles. The first kappa shape index (κ1) is 27.3. The number of rotatable bonds is 10. The molecule has 3 heterocycles. The Labute approximate surface area is 248 Å². The lowest BCUT2D eigenvalue weighted by Crippen LogP contribution is -2.35. The molecule has 0 fully saturated rings. The van der Waals surface area contributed by atoms with Crippen molar-refractivity contribution in [3.63, 3.8) is 0 Å². The number of aryl methyl sites for hydroxylation is 1. The number of para-hydroxylation sites is 3. The lowest BCUT2D eigenvalue weighted by atomic mass is 10.1. The second kappa shape index (κ2) is 11.9. The van der Waals surface area contributed by atoms with Crippen molar-refractivity contribution in [2.24, 2.45) is 10.1 Å². The van der Waals surface area contributed by atoms with Crippen LogP contribution in [0.1, 0.15) is 16.7 Å². The van der Waals surface area contributed by atoms with Gasteiger partial charge in [-0.25, -0.2) is 0 Å². The van der Waals surface area contributed by atoms with Gasteiger partial charge in [0.2, 0.25) is 5.17 Å². The molecule has 1 amide bonds. The van der Waals surface area contributed by atoms with Crippen LogP contribution in [-0.2, 0) is 17.8 Å². The molecule has 0 aliphatic carbocycles. The Morgan fingerprint density at radius 3 is 2.60 bits per heavy atom. The molecule has 1 aromatic heterocycles. The molecule has 0 spiro atoms. The number of ether oxygens (including phenoxy) is 2. The summed E-state index contributed by atoms with van der Waals surface area (Å²) in [4.78, 5) is 17.3. The lowest BCUT2D eigenvalue weighted by Gasteiger charge is -2.20. The largest absolute Gasteiger partial charge is 0.491 e. The maximum atomic E-state index is 13.1. The monoisotopic (exact) mass is 575 g/mol. The van der Waals surface area contributed by atoms with Crippen molar-refractivity contribution < 1.29 is 14.3 Å². The Morgan fingerprint density at radius 1 is 1.00 bits per heavy atom. The van der Waals surface area contributed by atoms with Crippen molar-refractivity contribution in [1.29, 1.82) is 5.41 Å². The maximum absolute atomic E-state index is 13.1. The quantitative estimate of drug-likeness (QED) is 0.173. The van der Waals surface area contributed by atoms with Crippen LogP contribution >= 0.6 is 11.8 Å². The molecule has 0 unspecified atom stereocenters. The highest BCUT2D eigenvalue weighted by Crippen LogP contribution is 2.31. The van der Waals surface area contributed by atoms with Gasteiger partial charge in [0, 0.05) is 22.7 Å². The van der Waals surface area contributed by atoms with Crippen molar-refractivity contribution in [2.45, 2.75) is 19.9 Å². The minimum absolute atomic E-state index is 0.0117. The average molecular weight is 576 g/mol. The van der Waals surface area contributed by atoms with Crippen LogP contribution in [0, 0.1) is 12.3 Å². The minimum Gasteiger partial charge on any atom is -0.491 e. The number of benzene rings is 3. The fraction of sp³-hybridized carbons (Fsp3) is 0.152. The van der Waals surface area contributed by atoms with Gasteiger partial charge in [-0.3, -0.25) is 10.2 Å². The van der Waals surface area contributed by atoms with Gasteiger partial charge in [-0.15, -0.1) is 6.58 Å². The summed E-state index contributed by atoms with van der Waals surface area (Å²) in [5.74, 6) is 1.14. The summed E-state index contributed by atoms with van der Waals surface area (Å²) in [7, 11) is 0. The van der Waals surface area contributed by atoms with E-state index >= 15 is 0 Å². The van der Waals surface area contributed by atoms with E-state index in [-0.39, 0.29) is 18.0 Å². The molecule has 210 valence electrons. The number of amides is 1. The molecule has 3 aromatic carbocycles. The molecule has 2 aliphatic heterocycles. The van der Waals surface area contributed by atoms with Crippen molar-refractivity contribution >= 4 is 50.7 Å². The number of amidine groups is 2. The molecule has 0 saturated heterocycles. The molecule has 6 rings (SSSR count). The summed E-state index contributed by atoms with van der Waals surface area (Å²) in [5.41, 5.74) is 4.13. The molecule has 1 N–H and O–H groups in total. The van der Waals surface area contributed by atoms with Crippen molar-refractivity contribution in [1.82, 2.24) is 9.58 Å². The molecule has 0 atom stereocenters. The summed E-state index contributed by atoms with van der Waals surface area (Å²) < 4.78 is 14.2. The Bertz CT molecular complexity index is 1800. The first-order valence-electron chi connectivity index (χ1n) is 13.6. The third kappa shape index (κ3) is 5.51. The first-order valence-corrected chi connectivity index (χ1v) is 14.4. The topological polar surface area (TPSA) is 92.3 Å². The van der Waals surface area contributed by atoms with Crippen molar-refractivity contribution in [3.8, 4) is 11.5 Å². The van der Waals surface area contributed by atoms with E-state index in [1.807, 2.05) is 92.0 Å². The van der Waals surface area contributed by atoms with Crippen LogP contribution in [0.25, 0.3) is 17.0 Å². The SMILES string of the molecule is C=CCc1ccccc1OCCn1cc(/C=C2/C(=N)N3N=C(COc4ccccc4C)SC3=NC2=O)c2ccccc21. The molecule has 42 heavy (non-hydrogen) atoms. The highest BCUT2D eigenvalue weighted by atomic mass is 32.2. The number of hydrogen-bond donors (Lipinski definition) is 1.